The SMILES string of the molecule is C=C(C)COc1cccc(C(N)=O)c1. The van der Waals surface area contributed by atoms with E-state index in [-0.39, 0.29) is 0 Å². The number of benzene rings is 1. The topological polar surface area (TPSA) is 52.3 Å². The first-order valence-electron chi connectivity index (χ1n) is 4.26. The molecule has 0 heterocycles. The summed E-state index contributed by atoms with van der Waals surface area (Å²) >= 11 is 0. The van der Waals surface area contributed by atoms with Crippen LogP contribution < -0.4 is 10.5 Å². The second-order valence-electron chi connectivity index (χ2n) is 3.14. The van der Waals surface area contributed by atoms with E-state index < -0.39 is 5.91 Å². The third kappa shape index (κ3) is 2.94. The van der Waals surface area contributed by atoms with Crippen LogP contribution in [-0.4, -0.2) is 12.5 Å². The smallest absolute Gasteiger partial charge is 0.248 e. The van der Waals surface area contributed by atoms with E-state index in [1.807, 2.05) is 6.92 Å². The van der Waals surface area contributed by atoms with Gasteiger partial charge in [-0.3, -0.25) is 4.79 Å². The van der Waals surface area contributed by atoms with E-state index in [9.17, 15) is 4.79 Å². The predicted octanol–water partition coefficient (Wildman–Crippen LogP) is 1.74. The lowest BCUT2D eigenvalue weighted by Gasteiger charge is -2.05. The lowest BCUT2D eigenvalue weighted by atomic mass is 10.2. The Kier molecular flexibility index (Phi) is 3.29. The number of ether oxygens (including phenoxy) is 1. The Morgan fingerprint density at radius 2 is 2.29 bits per heavy atom. The molecule has 0 fully saturated rings. The number of rotatable bonds is 4. The molecule has 0 aromatic heterocycles. The van der Waals surface area contributed by atoms with Gasteiger partial charge in [0.1, 0.15) is 12.4 Å². The summed E-state index contributed by atoms with van der Waals surface area (Å²) in [4.78, 5) is 10.8. The van der Waals surface area contributed by atoms with E-state index in [0.29, 0.717) is 17.9 Å². The Labute approximate surface area is 83.2 Å². The Morgan fingerprint density at radius 1 is 1.57 bits per heavy atom. The maximum atomic E-state index is 10.8. The molecule has 2 N–H and O–H groups in total. The molecule has 0 saturated heterocycles. The van der Waals surface area contributed by atoms with Gasteiger partial charge < -0.3 is 10.5 Å². The predicted molar refractivity (Wildman–Crippen MR) is 55.3 cm³/mol. The zero-order chi connectivity index (χ0) is 10.6. The van der Waals surface area contributed by atoms with Crippen LogP contribution in [0, 0.1) is 0 Å². The normalized spacial score (nSPS) is 9.50. The van der Waals surface area contributed by atoms with Crippen LogP contribution in [0.1, 0.15) is 17.3 Å². The van der Waals surface area contributed by atoms with Crippen LogP contribution in [0.3, 0.4) is 0 Å². The van der Waals surface area contributed by atoms with Gasteiger partial charge in [0.25, 0.3) is 0 Å². The Bertz CT molecular complexity index is 358. The minimum absolute atomic E-state index is 0.447. The number of nitrogens with two attached hydrogens (primary N) is 1. The molecule has 0 unspecified atom stereocenters. The number of carbonyl (C=O) groups is 1. The van der Waals surface area contributed by atoms with Crippen LogP contribution in [0.15, 0.2) is 36.4 Å². The summed E-state index contributed by atoms with van der Waals surface area (Å²) in [7, 11) is 0. The summed E-state index contributed by atoms with van der Waals surface area (Å²) < 4.78 is 5.35. The van der Waals surface area contributed by atoms with Crippen LogP contribution in [0.5, 0.6) is 5.75 Å². The fraction of sp³-hybridized carbons (Fsp3) is 0.182. The Balaban J connectivity index is 2.73. The first-order valence-corrected chi connectivity index (χ1v) is 4.26. The molecule has 0 spiro atoms. The second kappa shape index (κ2) is 4.46. The van der Waals surface area contributed by atoms with Crippen molar-refractivity contribution in [3.8, 4) is 5.75 Å². The summed E-state index contributed by atoms with van der Waals surface area (Å²) in [5.74, 6) is 0.176. The van der Waals surface area contributed by atoms with Gasteiger partial charge in [-0.1, -0.05) is 12.6 Å². The molecule has 1 aromatic rings. The van der Waals surface area contributed by atoms with Crippen LogP contribution in [-0.2, 0) is 0 Å². The van der Waals surface area contributed by atoms with Gasteiger partial charge in [0, 0.05) is 5.56 Å². The molecule has 3 nitrogen and oxygen atoms in total. The Hall–Kier alpha value is -1.77. The largest absolute Gasteiger partial charge is 0.489 e. The van der Waals surface area contributed by atoms with Crippen molar-refractivity contribution >= 4 is 5.91 Å². The van der Waals surface area contributed by atoms with Crippen molar-refractivity contribution < 1.29 is 9.53 Å². The van der Waals surface area contributed by atoms with Crippen molar-refractivity contribution in [1.82, 2.24) is 0 Å². The highest BCUT2D eigenvalue weighted by Gasteiger charge is 2.01. The number of hydrogen-bond acceptors (Lipinski definition) is 2. The number of hydrogen-bond donors (Lipinski definition) is 1. The minimum atomic E-state index is -0.453. The first-order chi connectivity index (χ1) is 6.59. The van der Waals surface area contributed by atoms with E-state index in [1.165, 1.54) is 0 Å². The molecule has 0 radical (unpaired) electrons. The third-order valence-corrected chi connectivity index (χ3v) is 1.60. The van der Waals surface area contributed by atoms with E-state index in [4.69, 9.17) is 10.5 Å². The molecule has 14 heavy (non-hydrogen) atoms. The van der Waals surface area contributed by atoms with E-state index in [0.717, 1.165) is 5.57 Å². The lowest BCUT2D eigenvalue weighted by molar-refractivity contribution is 0.1000. The summed E-state index contributed by atoms with van der Waals surface area (Å²) in [6.45, 7) is 6.03. The minimum Gasteiger partial charge on any atom is -0.489 e. The Morgan fingerprint density at radius 3 is 2.86 bits per heavy atom. The molecule has 0 saturated carbocycles. The molecule has 0 aliphatic carbocycles. The molecular weight excluding hydrogens is 178 g/mol. The molecule has 0 aliphatic heterocycles. The zero-order valence-corrected chi connectivity index (χ0v) is 8.12. The van der Waals surface area contributed by atoms with Crippen molar-refractivity contribution in [3.63, 3.8) is 0 Å². The molecule has 1 rings (SSSR count). The molecular formula is C11H13NO2. The van der Waals surface area contributed by atoms with Gasteiger partial charge in [0.05, 0.1) is 0 Å². The first kappa shape index (κ1) is 10.3. The third-order valence-electron chi connectivity index (χ3n) is 1.60. The molecule has 1 aromatic carbocycles. The molecule has 0 bridgehead atoms. The average Bonchev–Trinajstić information content (AvgIpc) is 2.15. The van der Waals surface area contributed by atoms with Gasteiger partial charge in [0.15, 0.2) is 0 Å². The van der Waals surface area contributed by atoms with Crippen LogP contribution in [0.4, 0.5) is 0 Å². The fourth-order valence-electron chi connectivity index (χ4n) is 0.946. The van der Waals surface area contributed by atoms with Gasteiger partial charge in [-0.25, -0.2) is 0 Å². The highest BCUT2D eigenvalue weighted by atomic mass is 16.5. The summed E-state index contributed by atoms with van der Waals surface area (Å²) in [6, 6.07) is 6.77. The quantitative estimate of drug-likeness (QED) is 0.737. The number of primary amides is 1. The lowest BCUT2D eigenvalue weighted by Crippen LogP contribution is -2.10. The van der Waals surface area contributed by atoms with Gasteiger partial charge in [-0.15, -0.1) is 0 Å². The van der Waals surface area contributed by atoms with Gasteiger partial charge in [-0.2, -0.15) is 0 Å². The number of carbonyl (C=O) groups excluding carboxylic acids is 1. The maximum Gasteiger partial charge on any atom is 0.248 e. The highest BCUT2D eigenvalue weighted by Crippen LogP contribution is 2.13. The van der Waals surface area contributed by atoms with Gasteiger partial charge >= 0.3 is 0 Å². The van der Waals surface area contributed by atoms with Crippen molar-refractivity contribution in [2.75, 3.05) is 6.61 Å². The van der Waals surface area contributed by atoms with E-state index in [1.54, 1.807) is 24.3 Å². The zero-order valence-electron chi connectivity index (χ0n) is 8.12. The van der Waals surface area contributed by atoms with Crippen molar-refractivity contribution in [3.05, 3.63) is 42.0 Å². The standard InChI is InChI=1S/C11H13NO2/c1-8(2)7-14-10-5-3-4-9(6-10)11(12)13/h3-6H,1,7H2,2H3,(H2,12,13). The molecule has 1 amide bonds. The van der Waals surface area contributed by atoms with Crippen LogP contribution in [0.2, 0.25) is 0 Å². The van der Waals surface area contributed by atoms with Crippen LogP contribution >= 0.6 is 0 Å². The van der Waals surface area contributed by atoms with Crippen LogP contribution in [0.25, 0.3) is 0 Å². The monoisotopic (exact) mass is 191 g/mol. The summed E-state index contributed by atoms with van der Waals surface area (Å²) in [5, 5.41) is 0. The van der Waals surface area contributed by atoms with Gasteiger partial charge in [0.2, 0.25) is 5.91 Å². The fourth-order valence-corrected chi connectivity index (χ4v) is 0.946. The summed E-state index contributed by atoms with van der Waals surface area (Å²) in [6.07, 6.45) is 0. The van der Waals surface area contributed by atoms with Gasteiger partial charge in [-0.05, 0) is 30.7 Å². The average molecular weight is 191 g/mol. The van der Waals surface area contributed by atoms with E-state index in [2.05, 4.69) is 6.58 Å². The highest BCUT2D eigenvalue weighted by molar-refractivity contribution is 5.93. The van der Waals surface area contributed by atoms with Crippen molar-refractivity contribution in [1.29, 1.82) is 0 Å². The molecule has 0 aliphatic rings. The summed E-state index contributed by atoms with van der Waals surface area (Å²) in [5.41, 5.74) is 6.50. The molecule has 0 atom stereocenters. The molecule has 74 valence electrons. The van der Waals surface area contributed by atoms with Crippen molar-refractivity contribution in [2.45, 2.75) is 6.92 Å². The van der Waals surface area contributed by atoms with Crippen molar-refractivity contribution in [2.24, 2.45) is 5.73 Å². The number of amides is 1. The molecule has 3 heteroatoms. The van der Waals surface area contributed by atoms with E-state index >= 15 is 0 Å². The maximum absolute atomic E-state index is 10.8. The second-order valence-corrected chi connectivity index (χ2v) is 3.14.